The molecule has 0 spiro atoms. The maximum atomic E-state index is 9.19. The monoisotopic (exact) mass is 144 g/mol. The van der Waals surface area contributed by atoms with Crippen molar-refractivity contribution < 1.29 is 9.84 Å². The number of aliphatic hydroxyl groups is 1. The Morgan fingerprint density at radius 1 is 1.50 bits per heavy atom. The zero-order valence-corrected chi connectivity index (χ0v) is 6.87. The zero-order chi connectivity index (χ0) is 7.98. The molecule has 0 rings (SSSR count). The van der Waals surface area contributed by atoms with Gasteiger partial charge in [0.1, 0.15) is 0 Å². The minimum absolute atomic E-state index is 0.261. The standard InChI is InChI=1S/C8H16O2/c1-4-10-6-5-8(9)7(2)3/h5-9H,4H2,1-3H3/b6-5+/t8-/m1/s1. The molecule has 0 unspecified atom stereocenters. The summed E-state index contributed by atoms with van der Waals surface area (Å²) in [5, 5.41) is 9.19. The average molecular weight is 144 g/mol. The first kappa shape index (κ1) is 9.50. The molecular weight excluding hydrogens is 128 g/mol. The smallest absolute Gasteiger partial charge is 0.0845 e. The highest BCUT2D eigenvalue weighted by atomic mass is 16.5. The number of aliphatic hydroxyl groups excluding tert-OH is 1. The lowest BCUT2D eigenvalue weighted by Crippen LogP contribution is -2.10. The van der Waals surface area contributed by atoms with E-state index in [4.69, 9.17) is 4.74 Å². The van der Waals surface area contributed by atoms with Crippen LogP contribution in [0.4, 0.5) is 0 Å². The van der Waals surface area contributed by atoms with Crippen LogP contribution in [0.2, 0.25) is 0 Å². The molecule has 1 atom stereocenters. The molecule has 0 aliphatic heterocycles. The minimum Gasteiger partial charge on any atom is -0.502 e. The molecule has 0 aliphatic carbocycles. The van der Waals surface area contributed by atoms with E-state index in [9.17, 15) is 5.11 Å². The topological polar surface area (TPSA) is 29.5 Å². The third kappa shape index (κ3) is 4.39. The largest absolute Gasteiger partial charge is 0.502 e. The Labute approximate surface area is 62.5 Å². The van der Waals surface area contributed by atoms with E-state index < -0.39 is 0 Å². The van der Waals surface area contributed by atoms with E-state index >= 15 is 0 Å². The lowest BCUT2D eigenvalue weighted by molar-refractivity contribution is 0.165. The highest BCUT2D eigenvalue weighted by Gasteiger charge is 2.02. The van der Waals surface area contributed by atoms with E-state index in [-0.39, 0.29) is 12.0 Å². The van der Waals surface area contributed by atoms with Crippen molar-refractivity contribution in [2.75, 3.05) is 6.61 Å². The Hall–Kier alpha value is -0.500. The second-order valence-electron chi connectivity index (χ2n) is 2.52. The van der Waals surface area contributed by atoms with Crippen LogP contribution in [0.15, 0.2) is 12.3 Å². The fraction of sp³-hybridized carbons (Fsp3) is 0.750. The highest BCUT2D eigenvalue weighted by Crippen LogP contribution is 2.01. The maximum absolute atomic E-state index is 9.19. The molecule has 0 bridgehead atoms. The molecule has 0 radical (unpaired) electrons. The Morgan fingerprint density at radius 2 is 2.10 bits per heavy atom. The van der Waals surface area contributed by atoms with Crippen molar-refractivity contribution in [3.05, 3.63) is 12.3 Å². The summed E-state index contributed by atoms with van der Waals surface area (Å²) in [6, 6.07) is 0. The number of hydrogen-bond donors (Lipinski definition) is 1. The van der Waals surface area contributed by atoms with Gasteiger partial charge >= 0.3 is 0 Å². The third-order valence-electron chi connectivity index (χ3n) is 1.22. The summed E-state index contributed by atoms with van der Waals surface area (Å²) in [4.78, 5) is 0. The quantitative estimate of drug-likeness (QED) is 0.607. The van der Waals surface area contributed by atoms with Crippen molar-refractivity contribution >= 4 is 0 Å². The lowest BCUT2D eigenvalue weighted by atomic mass is 10.1. The van der Waals surface area contributed by atoms with Gasteiger partial charge in [-0.2, -0.15) is 0 Å². The fourth-order valence-corrected chi connectivity index (χ4v) is 0.455. The maximum Gasteiger partial charge on any atom is 0.0845 e. The van der Waals surface area contributed by atoms with Crippen molar-refractivity contribution in [3.63, 3.8) is 0 Å². The van der Waals surface area contributed by atoms with E-state index in [0.717, 1.165) is 0 Å². The summed E-state index contributed by atoms with van der Waals surface area (Å²) in [6.07, 6.45) is 2.82. The predicted octanol–water partition coefficient (Wildman–Crippen LogP) is 1.55. The molecule has 0 saturated heterocycles. The number of ether oxygens (including phenoxy) is 1. The van der Waals surface area contributed by atoms with E-state index in [1.54, 1.807) is 12.3 Å². The molecule has 0 saturated carbocycles. The summed E-state index contributed by atoms with van der Waals surface area (Å²) in [7, 11) is 0. The van der Waals surface area contributed by atoms with Gasteiger partial charge in [-0.05, 0) is 18.9 Å². The van der Waals surface area contributed by atoms with Gasteiger partial charge in [0.2, 0.25) is 0 Å². The van der Waals surface area contributed by atoms with E-state index in [0.29, 0.717) is 6.61 Å². The Kier molecular flexibility index (Phi) is 5.03. The van der Waals surface area contributed by atoms with Crippen LogP contribution in [-0.2, 0) is 4.74 Å². The molecule has 2 nitrogen and oxygen atoms in total. The molecule has 0 amide bonds. The molecule has 0 heterocycles. The van der Waals surface area contributed by atoms with Gasteiger partial charge in [-0.15, -0.1) is 0 Å². The molecule has 0 aromatic heterocycles. The molecule has 0 aromatic carbocycles. The second kappa shape index (κ2) is 5.30. The van der Waals surface area contributed by atoms with Gasteiger partial charge in [-0.25, -0.2) is 0 Å². The Bertz CT molecular complexity index is 97.4. The summed E-state index contributed by atoms with van der Waals surface area (Å²) in [5.41, 5.74) is 0. The average Bonchev–Trinajstić information content (AvgIpc) is 1.88. The fourth-order valence-electron chi connectivity index (χ4n) is 0.455. The van der Waals surface area contributed by atoms with Crippen LogP contribution in [0.1, 0.15) is 20.8 Å². The molecule has 0 aliphatic rings. The van der Waals surface area contributed by atoms with Crippen molar-refractivity contribution in [2.24, 2.45) is 5.92 Å². The van der Waals surface area contributed by atoms with Crippen LogP contribution in [0.3, 0.4) is 0 Å². The van der Waals surface area contributed by atoms with Crippen LogP contribution in [0.5, 0.6) is 0 Å². The van der Waals surface area contributed by atoms with Gasteiger partial charge in [0.15, 0.2) is 0 Å². The number of rotatable bonds is 4. The van der Waals surface area contributed by atoms with Crippen LogP contribution in [-0.4, -0.2) is 17.8 Å². The molecule has 60 valence electrons. The van der Waals surface area contributed by atoms with Crippen LogP contribution < -0.4 is 0 Å². The van der Waals surface area contributed by atoms with Gasteiger partial charge in [-0.1, -0.05) is 13.8 Å². The molecule has 0 fully saturated rings. The molecule has 0 aromatic rings. The molecule has 2 heteroatoms. The van der Waals surface area contributed by atoms with E-state index in [1.807, 2.05) is 20.8 Å². The van der Waals surface area contributed by atoms with Crippen molar-refractivity contribution in [3.8, 4) is 0 Å². The van der Waals surface area contributed by atoms with E-state index in [1.165, 1.54) is 0 Å². The molecule has 1 N–H and O–H groups in total. The molecule has 10 heavy (non-hydrogen) atoms. The Balaban J connectivity index is 3.45. The first-order chi connectivity index (χ1) is 4.68. The van der Waals surface area contributed by atoms with Gasteiger partial charge in [0.25, 0.3) is 0 Å². The summed E-state index contributed by atoms with van der Waals surface area (Å²) in [6.45, 7) is 6.48. The summed E-state index contributed by atoms with van der Waals surface area (Å²) in [5.74, 6) is 0.261. The van der Waals surface area contributed by atoms with Crippen molar-refractivity contribution in [1.82, 2.24) is 0 Å². The minimum atomic E-state index is -0.383. The van der Waals surface area contributed by atoms with Crippen LogP contribution in [0.25, 0.3) is 0 Å². The SMILES string of the molecule is CCO/C=C/[C@@H](O)C(C)C. The number of hydrogen-bond acceptors (Lipinski definition) is 2. The summed E-state index contributed by atoms with van der Waals surface area (Å²) >= 11 is 0. The first-order valence-electron chi connectivity index (χ1n) is 3.64. The predicted molar refractivity (Wildman–Crippen MR) is 41.6 cm³/mol. The first-order valence-corrected chi connectivity index (χ1v) is 3.64. The molecular formula is C8H16O2. The zero-order valence-electron chi connectivity index (χ0n) is 6.87. The Morgan fingerprint density at radius 3 is 2.50 bits per heavy atom. The summed E-state index contributed by atoms with van der Waals surface area (Å²) < 4.78 is 4.91. The van der Waals surface area contributed by atoms with Crippen molar-refractivity contribution in [2.45, 2.75) is 26.9 Å². The van der Waals surface area contributed by atoms with Crippen LogP contribution >= 0.6 is 0 Å². The van der Waals surface area contributed by atoms with Gasteiger partial charge in [0, 0.05) is 0 Å². The van der Waals surface area contributed by atoms with Gasteiger partial charge in [0.05, 0.1) is 19.0 Å². The van der Waals surface area contributed by atoms with Crippen LogP contribution in [0, 0.1) is 5.92 Å². The lowest BCUT2D eigenvalue weighted by Gasteiger charge is -2.07. The third-order valence-corrected chi connectivity index (χ3v) is 1.22. The van der Waals surface area contributed by atoms with Crippen molar-refractivity contribution in [1.29, 1.82) is 0 Å². The highest BCUT2D eigenvalue weighted by molar-refractivity contribution is 4.84. The second-order valence-corrected chi connectivity index (χ2v) is 2.52. The normalized spacial score (nSPS) is 14.5. The van der Waals surface area contributed by atoms with E-state index in [2.05, 4.69) is 0 Å². The van der Waals surface area contributed by atoms with Gasteiger partial charge < -0.3 is 9.84 Å². The van der Waals surface area contributed by atoms with Gasteiger partial charge in [-0.3, -0.25) is 0 Å².